The molecule has 0 radical (unpaired) electrons. The van der Waals surface area contributed by atoms with Gasteiger partial charge in [-0.3, -0.25) is 0 Å². The number of carbonyl (C=O) groups excluding carboxylic acids is 1. The molecule has 5 heteroatoms. The smallest absolute Gasteiger partial charge is 0.338 e. The molecule has 0 unspecified atom stereocenters. The first-order chi connectivity index (χ1) is 7.54. The van der Waals surface area contributed by atoms with E-state index in [0.717, 1.165) is 0 Å². The molecule has 4 atom stereocenters. The number of ether oxygens (including phenoxy) is 2. The first kappa shape index (κ1) is 11.4. The lowest BCUT2D eigenvalue weighted by atomic mass is 9.78. The van der Waals surface area contributed by atoms with E-state index >= 15 is 0 Å². The van der Waals surface area contributed by atoms with Crippen LogP contribution in [-0.2, 0) is 14.3 Å². The Morgan fingerprint density at radius 2 is 2.19 bits per heavy atom. The standard InChI is InChI=1S/C11H16O5/c1-5-10(15-2)7-3-6(12)4-8(13)9(7)11(14)16-5/h5-7,10,12-13H,3-4H2,1-2H3/t5-,6-,7-,10-/m1/s1. The molecule has 0 aromatic rings. The van der Waals surface area contributed by atoms with Crippen molar-refractivity contribution in [2.45, 2.75) is 38.1 Å². The maximum atomic E-state index is 11.6. The highest BCUT2D eigenvalue weighted by atomic mass is 16.6. The van der Waals surface area contributed by atoms with Gasteiger partial charge >= 0.3 is 5.97 Å². The Hall–Kier alpha value is -1.07. The van der Waals surface area contributed by atoms with Gasteiger partial charge in [-0.1, -0.05) is 0 Å². The van der Waals surface area contributed by atoms with Gasteiger partial charge < -0.3 is 19.7 Å². The number of aliphatic hydroxyl groups excluding tert-OH is 2. The third-order valence-electron chi connectivity index (χ3n) is 3.28. The number of esters is 1. The average Bonchev–Trinajstić information content (AvgIpc) is 2.15. The molecule has 2 N–H and O–H groups in total. The molecule has 0 aromatic carbocycles. The summed E-state index contributed by atoms with van der Waals surface area (Å²) in [6.45, 7) is 1.75. The van der Waals surface area contributed by atoms with Gasteiger partial charge in [0, 0.05) is 19.4 Å². The normalized spacial score (nSPS) is 39.3. The van der Waals surface area contributed by atoms with Crippen LogP contribution in [0.2, 0.25) is 0 Å². The third kappa shape index (κ3) is 1.70. The fourth-order valence-electron chi connectivity index (χ4n) is 2.59. The predicted octanol–water partition coefficient (Wildman–Crippen LogP) is 0.530. The fraction of sp³-hybridized carbons (Fsp3) is 0.727. The first-order valence-corrected chi connectivity index (χ1v) is 5.38. The summed E-state index contributed by atoms with van der Waals surface area (Å²) in [5.74, 6) is -0.831. The van der Waals surface area contributed by atoms with Gasteiger partial charge in [0.25, 0.3) is 0 Å². The molecular weight excluding hydrogens is 212 g/mol. The van der Waals surface area contributed by atoms with E-state index in [4.69, 9.17) is 9.47 Å². The number of cyclic esters (lactones) is 1. The predicted molar refractivity (Wildman–Crippen MR) is 54.7 cm³/mol. The zero-order chi connectivity index (χ0) is 11.9. The molecule has 1 aliphatic carbocycles. The zero-order valence-electron chi connectivity index (χ0n) is 9.34. The van der Waals surface area contributed by atoms with E-state index in [-0.39, 0.29) is 35.9 Å². The van der Waals surface area contributed by atoms with Crippen molar-refractivity contribution in [3.05, 3.63) is 11.3 Å². The highest BCUT2D eigenvalue weighted by Gasteiger charge is 2.45. The minimum atomic E-state index is -0.621. The average molecular weight is 228 g/mol. The Morgan fingerprint density at radius 1 is 1.50 bits per heavy atom. The van der Waals surface area contributed by atoms with Crippen LogP contribution in [0.15, 0.2) is 11.3 Å². The van der Waals surface area contributed by atoms with Crippen LogP contribution in [0.5, 0.6) is 0 Å². The van der Waals surface area contributed by atoms with Crippen LogP contribution < -0.4 is 0 Å². The van der Waals surface area contributed by atoms with E-state index in [2.05, 4.69) is 0 Å². The fourth-order valence-corrected chi connectivity index (χ4v) is 2.59. The molecule has 0 spiro atoms. The van der Waals surface area contributed by atoms with E-state index in [1.54, 1.807) is 6.92 Å². The second kappa shape index (κ2) is 4.07. The number of methoxy groups -OCH3 is 1. The molecule has 0 bridgehead atoms. The van der Waals surface area contributed by atoms with Gasteiger partial charge in [-0.25, -0.2) is 4.79 Å². The first-order valence-electron chi connectivity index (χ1n) is 5.38. The van der Waals surface area contributed by atoms with Crippen LogP contribution in [0, 0.1) is 5.92 Å². The lowest BCUT2D eigenvalue weighted by Gasteiger charge is -2.39. The molecule has 1 fully saturated rings. The van der Waals surface area contributed by atoms with E-state index < -0.39 is 12.1 Å². The second-order valence-electron chi connectivity index (χ2n) is 4.37. The summed E-state index contributed by atoms with van der Waals surface area (Å²) in [6, 6.07) is 0. The Kier molecular flexibility index (Phi) is 2.90. The molecule has 2 aliphatic rings. The number of fused-ring (bicyclic) bond motifs is 1. The topological polar surface area (TPSA) is 76.0 Å². The molecule has 2 rings (SSSR count). The Bertz CT molecular complexity index is 335. The minimum absolute atomic E-state index is 0.0669. The number of aliphatic hydroxyl groups is 2. The monoisotopic (exact) mass is 228 g/mol. The number of rotatable bonds is 1. The minimum Gasteiger partial charge on any atom is -0.512 e. The molecular formula is C11H16O5. The lowest BCUT2D eigenvalue weighted by molar-refractivity contribution is -0.164. The molecule has 5 nitrogen and oxygen atoms in total. The molecule has 90 valence electrons. The molecule has 0 aromatic heterocycles. The van der Waals surface area contributed by atoms with E-state index in [0.29, 0.717) is 6.42 Å². The van der Waals surface area contributed by atoms with Gasteiger partial charge in [0.15, 0.2) is 0 Å². The van der Waals surface area contributed by atoms with Crippen molar-refractivity contribution in [2.75, 3.05) is 7.11 Å². The van der Waals surface area contributed by atoms with Crippen LogP contribution in [0.25, 0.3) is 0 Å². The summed E-state index contributed by atoms with van der Waals surface area (Å²) in [5, 5.41) is 19.3. The van der Waals surface area contributed by atoms with Crippen molar-refractivity contribution in [3.8, 4) is 0 Å². The SMILES string of the molecule is CO[C@H]1[C@@H]2C[C@@H](O)CC(O)=C2C(=O)O[C@@H]1C. The summed E-state index contributed by atoms with van der Waals surface area (Å²) in [5.41, 5.74) is 0.273. The lowest BCUT2D eigenvalue weighted by Crippen LogP contribution is -2.47. The van der Waals surface area contributed by atoms with Gasteiger partial charge in [-0.05, 0) is 13.3 Å². The summed E-state index contributed by atoms with van der Waals surface area (Å²) in [4.78, 5) is 11.6. The van der Waals surface area contributed by atoms with Crippen molar-refractivity contribution >= 4 is 5.97 Å². The summed E-state index contributed by atoms with van der Waals surface area (Å²) in [7, 11) is 1.54. The van der Waals surface area contributed by atoms with Crippen LogP contribution >= 0.6 is 0 Å². The molecule has 0 saturated carbocycles. The van der Waals surface area contributed by atoms with Crippen LogP contribution in [0.3, 0.4) is 0 Å². The van der Waals surface area contributed by atoms with Crippen LogP contribution in [-0.4, -0.2) is 41.6 Å². The Balaban J connectivity index is 2.37. The quantitative estimate of drug-likeness (QED) is 0.640. The van der Waals surface area contributed by atoms with Crippen LogP contribution in [0.4, 0.5) is 0 Å². The summed E-state index contributed by atoms with van der Waals surface area (Å²) < 4.78 is 10.4. The van der Waals surface area contributed by atoms with Gasteiger partial charge in [0.1, 0.15) is 18.0 Å². The number of hydrogen-bond acceptors (Lipinski definition) is 5. The molecule has 16 heavy (non-hydrogen) atoms. The van der Waals surface area contributed by atoms with E-state index in [1.165, 1.54) is 7.11 Å². The highest BCUT2D eigenvalue weighted by Crippen LogP contribution is 2.38. The Morgan fingerprint density at radius 3 is 2.81 bits per heavy atom. The Labute approximate surface area is 93.7 Å². The summed E-state index contributed by atoms with van der Waals surface area (Å²) >= 11 is 0. The second-order valence-corrected chi connectivity index (χ2v) is 4.37. The van der Waals surface area contributed by atoms with Crippen molar-refractivity contribution in [3.63, 3.8) is 0 Å². The van der Waals surface area contributed by atoms with E-state index in [9.17, 15) is 15.0 Å². The summed E-state index contributed by atoms with van der Waals surface area (Å²) in [6.07, 6.45) is -0.734. The third-order valence-corrected chi connectivity index (χ3v) is 3.28. The number of hydrogen-bond donors (Lipinski definition) is 2. The van der Waals surface area contributed by atoms with Gasteiger partial charge in [0.2, 0.25) is 0 Å². The number of carbonyl (C=O) groups is 1. The maximum absolute atomic E-state index is 11.6. The zero-order valence-corrected chi connectivity index (χ0v) is 9.34. The molecule has 1 aliphatic heterocycles. The molecule has 1 saturated heterocycles. The largest absolute Gasteiger partial charge is 0.512 e. The van der Waals surface area contributed by atoms with Gasteiger partial charge in [-0.2, -0.15) is 0 Å². The molecule has 1 heterocycles. The van der Waals surface area contributed by atoms with E-state index in [1.807, 2.05) is 0 Å². The van der Waals surface area contributed by atoms with Crippen molar-refractivity contribution in [1.82, 2.24) is 0 Å². The van der Waals surface area contributed by atoms with Crippen LogP contribution in [0.1, 0.15) is 19.8 Å². The van der Waals surface area contributed by atoms with Gasteiger partial charge in [0.05, 0.1) is 11.7 Å². The van der Waals surface area contributed by atoms with Crippen molar-refractivity contribution < 1.29 is 24.5 Å². The van der Waals surface area contributed by atoms with Crippen molar-refractivity contribution in [2.24, 2.45) is 5.92 Å². The highest BCUT2D eigenvalue weighted by molar-refractivity contribution is 5.91. The van der Waals surface area contributed by atoms with Crippen molar-refractivity contribution in [1.29, 1.82) is 0 Å². The molecule has 0 amide bonds. The maximum Gasteiger partial charge on any atom is 0.338 e. The van der Waals surface area contributed by atoms with Gasteiger partial charge in [-0.15, -0.1) is 0 Å².